The Morgan fingerprint density at radius 1 is 1.14 bits per heavy atom. The Morgan fingerprint density at radius 2 is 1.82 bits per heavy atom. The van der Waals surface area contributed by atoms with Crippen LogP contribution in [0.1, 0.15) is 29.6 Å². The molecule has 0 aliphatic carbocycles. The number of benzene rings is 1. The Hall–Kier alpha value is -1.93. The fourth-order valence-corrected chi connectivity index (χ4v) is 3.55. The molecule has 1 atom stereocenters. The molecule has 120 valence electrons. The molecule has 7 nitrogen and oxygen atoms in total. The Balaban J connectivity index is 1.97. The summed E-state index contributed by atoms with van der Waals surface area (Å²) in [4.78, 5) is 24.0. The lowest BCUT2D eigenvalue weighted by Gasteiger charge is -2.32. The van der Waals surface area contributed by atoms with Crippen molar-refractivity contribution in [3.05, 3.63) is 35.9 Å². The smallest absolute Gasteiger partial charge is 0.269 e. The zero-order valence-electron chi connectivity index (χ0n) is 12.3. The lowest BCUT2D eigenvalue weighted by Crippen LogP contribution is -2.55. The van der Waals surface area contributed by atoms with E-state index in [1.54, 1.807) is 30.3 Å². The largest absolute Gasteiger partial charge is 0.271 e. The normalized spacial score (nSPS) is 19.4. The van der Waals surface area contributed by atoms with Gasteiger partial charge in [-0.1, -0.05) is 24.6 Å². The van der Waals surface area contributed by atoms with Crippen molar-refractivity contribution in [2.45, 2.75) is 25.3 Å². The van der Waals surface area contributed by atoms with Crippen molar-refractivity contribution in [1.29, 1.82) is 0 Å². The second kappa shape index (κ2) is 6.89. The monoisotopic (exact) mass is 325 g/mol. The summed E-state index contributed by atoms with van der Waals surface area (Å²) in [7, 11) is -3.45. The summed E-state index contributed by atoms with van der Waals surface area (Å²) >= 11 is 0. The third kappa shape index (κ3) is 4.05. The van der Waals surface area contributed by atoms with Gasteiger partial charge >= 0.3 is 0 Å². The van der Waals surface area contributed by atoms with Crippen LogP contribution in [0.15, 0.2) is 30.3 Å². The molecule has 0 spiro atoms. The van der Waals surface area contributed by atoms with E-state index >= 15 is 0 Å². The van der Waals surface area contributed by atoms with Gasteiger partial charge in [-0.15, -0.1) is 0 Å². The molecule has 1 fully saturated rings. The first kappa shape index (κ1) is 16.4. The molecule has 1 aromatic carbocycles. The highest BCUT2D eigenvalue weighted by molar-refractivity contribution is 7.88. The van der Waals surface area contributed by atoms with Crippen LogP contribution in [0, 0.1) is 0 Å². The number of sulfonamides is 1. The number of hydrogen-bond donors (Lipinski definition) is 2. The fraction of sp³-hybridized carbons (Fsp3) is 0.429. The average molecular weight is 325 g/mol. The van der Waals surface area contributed by atoms with E-state index in [0.29, 0.717) is 18.5 Å². The van der Waals surface area contributed by atoms with Gasteiger partial charge in [-0.3, -0.25) is 20.4 Å². The predicted molar refractivity (Wildman–Crippen MR) is 81.2 cm³/mol. The van der Waals surface area contributed by atoms with Crippen molar-refractivity contribution in [3.8, 4) is 0 Å². The number of piperidine rings is 1. The third-order valence-corrected chi connectivity index (χ3v) is 4.81. The molecular formula is C14H19N3O4S. The Bertz CT molecular complexity index is 645. The van der Waals surface area contributed by atoms with Crippen LogP contribution in [0.3, 0.4) is 0 Å². The molecule has 1 saturated heterocycles. The van der Waals surface area contributed by atoms with Crippen molar-refractivity contribution in [2.75, 3.05) is 12.8 Å². The molecule has 2 rings (SSSR count). The van der Waals surface area contributed by atoms with E-state index in [2.05, 4.69) is 10.9 Å². The summed E-state index contributed by atoms with van der Waals surface area (Å²) in [6.45, 7) is 0.323. The van der Waals surface area contributed by atoms with E-state index in [1.807, 2.05) is 0 Å². The van der Waals surface area contributed by atoms with Crippen LogP contribution < -0.4 is 10.9 Å². The van der Waals surface area contributed by atoms with Gasteiger partial charge in [-0.25, -0.2) is 8.42 Å². The lowest BCUT2D eigenvalue weighted by molar-refractivity contribution is -0.126. The van der Waals surface area contributed by atoms with Crippen LogP contribution in [0.2, 0.25) is 0 Å². The molecule has 1 aromatic rings. The van der Waals surface area contributed by atoms with Gasteiger partial charge in [-0.05, 0) is 25.0 Å². The predicted octanol–water partition coefficient (Wildman–Crippen LogP) is 0.262. The van der Waals surface area contributed by atoms with Crippen LogP contribution in [0.4, 0.5) is 0 Å². The Kier molecular flexibility index (Phi) is 5.15. The highest BCUT2D eigenvalue weighted by atomic mass is 32.2. The van der Waals surface area contributed by atoms with Gasteiger partial charge in [0.05, 0.1) is 6.26 Å². The summed E-state index contributed by atoms with van der Waals surface area (Å²) < 4.78 is 24.6. The van der Waals surface area contributed by atoms with Gasteiger partial charge in [0.2, 0.25) is 10.0 Å². The number of hydrazine groups is 1. The van der Waals surface area contributed by atoms with E-state index in [-0.39, 0.29) is 0 Å². The number of carbonyl (C=O) groups excluding carboxylic acids is 2. The van der Waals surface area contributed by atoms with Crippen LogP contribution in [0.5, 0.6) is 0 Å². The Labute approximate surface area is 129 Å². The van der Waals surface area contributed by atoms with Crippen molar-refractivity contribution < 1.29 is 18.0 Å². The van der Waals surface area contributed by atoms with Gasteiger partial charge in [0.1, 0.15) is 6.04 Å². The number of nitrogens with zero attached hydrogens (tertiary/aromatic N) is 1. The molecule has 0 saturated carbocycles. The van der Waals surface area contributed by atoms with Crippen LogP contribution >= 0.6 is 0 Å². The van der Waals surface area contributed by atoms with E-state index in [9.17, 15) is 18.0 Å². The standard InChI is InChI=1S/C14H19N3O4S/c1-22(20,21)17-10-6-5-9-12(17)14(19)16-15-13(18)11-7-3-2-4-8-11/h2-4,7-8,12H,5-6,9-10H2,1H3,(H,15,18)(H,16,19). The SMILES string of the molecule is CS(=O)(=O)N1CCCCC1C(=O)NNC(=O)c1ccccc1. The minimum atomic E-state index is -3.45. The molecule has 0 bridgehead atoms. The molecule has 1 heterocycles. The van der Waals surface area contributed by atoms with Crippen molar-refractivity contribution in [1.82, 2.24) is 15.2 Å². The molecule has 0 aromatic heterocycles. The molecule has 1 unspecified atom stereocenters. The summed E-state index contributed by atoms with van der Waals surface area (Å²) in [6.07, 6.45) is 3.03. The van der Waals surface area contributed by atoms with Crippen molar-refractivity contribution in [2.24, 2.45) is 0 Å². The maximum atomic E-state index is 12.2. The first-order valence-electron chi connectivity index (χ1n) is 7.01. The molecule has 0 radical (unpaired) electrons. The van der Waals surface area contributed by atoms with E-state index < -0.39 is 27.9 Å². The van der Waals surface area contributed by atoms with Crippen LogP contribution in [-0.4, -0.2) is 43.4 Å². The first-order valence-corrected chi connectivity index (χ1v) is 8.86. The number of amides is 2. The van der Waals surface area contributed by atoms with Gasteiger partial charge < -0.3 is 0 Å². The van der Waals surface area contributed by atoms with Crippen LogP contribution in [0.25, 0.3) is 0 Å². The average Bonchev–Trinajstić information content (AvgIpc) is 2.52. The highest BCUT2D eigenvalue weighted by Gasteiger charge is 2.34. The maximum absolute atomic E-state index is 12.2. The topological polar surface area (TPSA) is 95.6 Å². The van der Waals surface area contributed by atoms with Crippen molar-refractivity contribution in [3.63, 3.8) is 0 Å². The minimum absolute atomic E-state index is 0.323. The first-order chi connectivity index (χ1) is 10.4. The van der Waals surface area contributed by atoms with Gasteiger partial charge in [0, 0.05) is 12.1 Å². The van der Waals surface area contributed by atoms with Gasteiger partial charge in [0.15, 0.2) is 0 Å². The summed E-state index contributed by atoms with van der Waals surface area (Å²) in [5, 5.41) is 0. The van der Waals surface area contributed by atoms with Gasteiger partial charge in [0.25, 0.3) is 11.8 Å². The molecule has 8 heteroatoms. The van der Waals surface area contributed by atoms with Crippen LogP contribution in [-0.2, 0) is 14.8 Å². The molecule has 2 amide bonds. The number of carbonyl (C=O) groups is 2. The zero-order valence-corrected chi connectivity index (χ0v) is 13.1. The van der Waals surface area contributed by atoms with Gasteiger partial charge in [-0.2, -0.15) is 4.31 Å². The fourth-order valence-electron chi connectivity index (χ4n) is 2.43. The summed E-state index contributed by atoms with van der Waals surface area (Å²) in [6, 6.07) is 7.66. The van der Waals surface area contributed by atoms with Crippen molar-refractivity contribution >= 4 is 21.8 Å². The summed E-state index contributed by atoms with van der Waals surface area (Å²) in [5.74, 6) is -0.968. The number of hydrogen-bond acceptors (Lipinski definition) is 4. The van der Waals surface area contributed by atoms with E-state index in [0.717, 1.165) is 19.1 Å². The molecule has 1 aliphatic heterocycles. The summed E-state index contributed by atoms with van der Waals surface area (Å²) in [5.41, 5.74) is 5.02. The highest BCUT2D eigenvalue weighted by Crippen LogP contribution is 2.19. The second-order valence-corrected chi connectivity index (χ2v) is 7.13. The quantitative estimate of drug-likeness (QED) is 0.779. The molecule has 22 heavy (non-hydrogen) atoms. The molecule has 1 aliphatic rings. The Morgan fingerprint density at radius 3 is 2.45 bits per heavy atom. The zero-order chi connectivity index (χ0) is 16.2. The van der Waals surface area contributed by atoms with E-state index in [4.69, 9.17) is 0 Å². The molecular weight excluding hydrogens is 306 g/mol. The minimum Gasteiger partial charge on any atom is -0.271 e. The second-order valence-electron chi connectivity index (χ2n) is 5.19. The third-order valence-electron chi connectivity index (χ3n) is 3.52. The maximum Gasteiger partial charge on any atom is 0.269 e. The lowest BCUT2D eigenvalue weighted by atomic mass is 10.0. The number of rotatable bonds is 3. The van der Waals surface area contributed by atoms with E-state index in [1.165, 1.54) is 4.31 Å². The number of nitrogens with one attached hydrogen (secondary N) is 2. The molecule has 2 N–H and O–H groups in total.